The van der Waals surface area contributed by atoms with Gasteiger partial charge in [-0.05, 0) is 36.8 Å². The van der Waals surface area contributed by atoms with Crippen LogP contribution in [0.25, 0.3) is 0 Å². The first-order valence-electron chi connectivity index (χ1n) is 5.75. The summed E-state index contributed by atoms with van der Waals surface area (Å²) < 4.78 is 5.17. The number of halogens is 1. The van der Waals surface area contributed by atoms with Gasteiger partial charge in [-0.15, -0.1) is 0 Å². The largest absolute Gasteiger partial charge is 0.497 e. The maximum atomic E-state index is 9.13. The number of rotatable bonds is 3. The lowest BCUT2D eigenvalue weighted by molar-refractivity contribution is 0.415. The van der Waals surface area contributed by atoms with Gasteiger partial charge >= 0.3 is 0 Å². The topological polar surface area (TPSA) is 45.0 Å². The molecule has 4 heteroatoms. The van der Waals surface area contributed by atoms with Gasteiger partial charge in [-0.1, -0.05) is 17.7 Å². The number of ether oxygens (including phenoxy) is 1. The van der Waals surface area contributed by atoms with Crippen LogP contribution in [-0.2, 0) is 0 Å². The summed E-state index contributed by atoms with van der Waals surface area (Å²) in [6.45, 7) is 1.98. The Morgan fingerprint density at radius 1 is 1.16 bits per heavy atom. The van der Waals surface area contributed by atoms with E-state index in [4.69, 9.17) is 21.6 Å². The molecule has 2 aromatic rings. The third-order valence-electron chi connectivity index (χ3n) is 2.82. The molecule has 0 saturated carbocycles. The normalized spacial score (nSPS) is 9.79. The van der Waals surface area contributed by atoms with E-state index in [0.29, 0.717) is 22.0 Å². The Labute approximate surface area is 117 Å². The van der Waals surface area contributed by atoms with Gasteiger partial charge in [0.2, 0.25) is 0 Å². The van der Waals surface area contributed by atoms with E-state index in [2.05, 4.69) is 11.4 Å². The van der Waals surface area contributed by atoms with Crippen LogP contribution in [0.2, 0.25) is 5.02 Å². The Kier molecular flexibility index (Phi) is 3.94. The molecule has 0 aliphatic heterocycles. The van der Waals surface area contributed by atoms with Crippen LogP contribution in [0.1, 0.15) is 11.1 Å². The van der Waals surface area contributed by atoms with Crippen LogP contribution < -0.4 is 10.1 Å². The molecule has 0 aliphatic rings. The number of benzene rings is 2. The quantitative estimate of drug-likeness (QED) is 0.907. The predicted molar refractivity (Wildman–Crippen MR) is 77.2 cm³/mol. The van der Waals surface area contributed by atoms with E-state index in [-0.39, 0.29) is 0 Å². The molecule has 0 fully saturated rings. The summed E-state index contributed by atoms with van der Waals surface area (Å²) in [4.78, 5) is 0. The lowest BCUT2D eigenvalue weighted by atomic mass is 10.1. The Bertz CT molecular complexity index is 647. The number of nitriles is 1. The predicted octanol–water partition coefficient (Wildman–Crippen LogP) is 4.27. The third-order valence-corrected chi connectivity index (χ3v) is 3.05. The first kappa shape index (κ1) is 13.3. The minimum atomic E-state index is 0.556. The molecule has 1 N–H and O–H groups in total. The highest BCUT2D eigenvalue weighted by Gasteiger charge is 2.06. The second kappa shape index (κ2) is 5.64. The highest BCUT2D eigenvalue weighted by atomic mass is 35.5. The number of nitrogens with one attached hydrogen (secondary N) is 1. The van der Waals surface area contributed by atoms with E-state index in [1.54, 1.807) is 25.3 Å². The Balaban J connectivity index is 2.42. The summed E-state index contributed by atoms with van der Waals surface area (Å²) in [6.07, 6.45) is 0. The fourth-order valence-electron chi connectivity index (χ4n) is 1.73. The van der Waals surface area contributed by atoms with Crippen LogP contribution >= 0.6 is 11.6 Å². The van der Waals surface area contributed by atoms with Gasteiger partial charge in [0.15, 0.2) is 0 Å². The second-order valence-electron chi connectivity index (χ2n) is 4.11. The Hall–Kier alpha value is -2.18. The number of anilines is 2. The Morgan fingerprint density at radius 2 is 1.95 bits per heavy atom. The van der Waals surface area contributed by atoms with Crippen LogP contribution in [0.4, 0.5) is 11.4 Å². The van der Waals surface area contributed by atoms with Crippen LogP contribution in [0.15, 0.2) is 36.4 Å². The number of aryl methyl sites for hydroxylation is 1. The fraction of sp³-hybridized carbons (Fsp3) is 0.133. The van der Waals surface area contributed by atoms with E-state index < -0.39 is 0 Å². The average molecular weight is 273 g/mol. The molecule has 0 radical (unpaired) electrons. The van der Waals surface area contributed by atoms with Crippen molar-refractivity contribution in [1.82, 2.24) is 0 Å². The summed E-state index contributed by atoms with van der Waals surface area (Å²) in [5.41, 5.74) is 3.18. The van der Waals surface area contributed by atoms with Crippen LogP contribution in [0.3, 0.4) is 0 Å². The minimum absolute atomic E-state index is 0.556. The van der Waals surface area contributed by atoms with Gasteiger partial charge in [0.05, 0.1) is 18.4 Å². The molecule has 0 aliphatic carbocycles. The molecule has 0 spiro atoms. The minimum Gasteiger partial charge on any atom is -0.497 e. The summed E-state index contributed by atoms with van der Waals surface area (Å²) >= 11 is 5.99. The highest BCUT2D eigenvalue weighted by Crippen LogP contribution is 2.28. The average Bonchev–Trinajstić information content (AvgIpc) is 2.42. The van der Waals surface area contributed by atoms with E-state index in [1.165, 1.54) is 0 Å². The Morgan fingerprint density at radius 3 is 2.63 bits per heavy atom. The molecule has 2 aromatic carbocycles. The summed E-state index contributed by atoms with van der Waals surface area (Å²) in [7, 11) is 1.59. The van der Waals surface area contributed by atoms with Crippen molar-refractivity contribution in [2.75, 3.05) is 12.4 Å². The van der Waals surface area contributed by atoms with Crippen molar-refractivity contribution in [2.24, 2.45) is 0 Å². The van der Waals surface area contributed by atoms with Crippen LogP contribution in [0.5, 0.6) is 5.75 Å². The van der Waals surface area contributed by atoms with E-state index >= 15 is 0 Å². The molecule has 0 saturated heterocycles. The fourth-order valence-corrected chi connectivity index (χ4v) is 1.90. The monoisotopic (exact) mass is 272 g/mol. The van der Waals surface area contributed by atoms with Crippen molar-refractivity contribution >= 4 is 23.0 Å². The number of nitrogens with zero attached hydrogens (tertiary/aromatic N) is 1. The van der Waals surface area contributed by atoms with Gasteiger partial charge in [-0.3, -0.25) is 0 Å². The number of hydrogen-bond donors (Lipinski definition) is 1. The maximum Gasteiger partial charge on any atom is 0.121 e. The van der Waals surface area contributed by atoms with E-state index in [1.807, 2.05) is 25.1 Å². The molecule has 0 atom stereocenters. The third kappa shape index (κ3) is 2.98. The van der Waals surface area contributed by atoms with Crippen LogP contribution in [0, 0.1) is 18.3 Å². The maximum absolute atomic E-state index is 9.13. The van der Waals surface area contributed by atoms with Gasteiger partial charge in [0, 0.05) is 16.8 Å². The molecule has 96 valence electrons. The van der Waals surface area contributed by atoms with Crippen molar-refractivity contribution in [3.05, 3.63) is 52.5 Å². The van der Waals surface area contributed by atoms with E-state index in [0.717, 1.165) is 11.3 Å². The molecular formula is C15H13ClN2O. The van der Waals surface area contributed by atoms with Gasteiger partial charge in [0.1, 0.15) is 11.8 Å². The lowest BCUT2D eigenvalue weighted by Crippen LogP contribution is -1.96. The standard InChI is InChI=1S/C15H13ClN2O/c1-10-3-5-12(16)7-14(10)18-15-8-13(19-2)6-4-11(15)9-17/h3-8,18H,1-2H3. The summed E-state index contributed by atoms with van der Waals surface area (Å²) in [5.74, 6) is 0.696. The SMILES string of the molecule is COc1ccc(C#N)c(Nc2cc(Cl)ccc2C)c1. The zero-order chi connectivity index (χ0) is 13.8. The molecule has 0 amide bonds. The number of methoxy groups -OCH3 is 1. The van der Waals surface area contributed by atoms with Crippen molar-refractivity contribution in [3.8, 4) is 11.8 Å². The molecule has 2 rings (SSSR count). The van der Waals surface area contributed by atoms with Gasteiger partial charge in [0.25, 0.3) is 0 Å². The molecule has 19 heavy (non-hydrogen) atoms. The molecule has 0 bridgehead atoms. The summed E-state index contributed by atoms with van der Waals surface area (Å²) in [6, 6.07) is 13.0. The van der Waals surface area contributed by atoms with E-state index in [9.17, 15) is 0 Å². The van der Waals surface area contributed by atoms with Gasteiger partial charge in [-0.2, -0.15) is 5.26 Å². The summed E-state index contributed by atoms with van der Waals surface area (Å²) in [5, 5.41) is 13.0. The zero-order valence-corrected chi connectivity index (χ0v) is 11.5. The van der Waals surface area contributed by atoms with Crippen molar-refractivity contribution in [2.45, 2.75) is 6.92 Å². The van der Waals surface area contributed by atoms with Gasteiger partial charge in [-0.25, -0.2) is 0 Å². The van der Waals surface area contributed by atoms with Crippen LogP contribution in [-0.4, -0.2) is 7.11 Å². The molecule has 3 nitrogen and oxygen atoms in total. The molecule has 0 unspecified atom stereocenters. The van der Waals surface area contributed by atoms with Crippen molar-refractivity contribution in [3.63, 3.8) is 0 Å². The number of hydrogen-bond acceptors (Lipinski definition) is 3. The zero-order valence-electron chi connectivity index (χ0n) is 10.7. The highest BCUT2D eigenvalue weighted by molar-refractivity contribution is 6.30. The second-order valence-corrected chi connectivity index (χ2v) is 4.54. The van der Waals surface area contributed by atoms with Crippen molar-refractivity contribution < 1.29 is 4.74 Å². The molecular weight excluding hydrogens is 260 g/mol. The molecule has 0 heterocycles. The molecule has 0 aromatic heterocycles. The first-order valence-corrected chi connectivity index (χ1v) is 6.13. The van der Waals surface area contributed by atoms with Crippen molar-refractivity contribution in [1.29, 1.82) is 5.26 Å². The smallest absolute Gasteiger partial charge is 0.121 e. The van der Waals surface area contributed by atoms with Gasteiger partial charge < -0.3 is 10.1 Å². The first-order chi connectivity index (χ1) is 9.13. The lowest BCUT2D eigenvalue weighted by Gasteiger charge is -2.12.